The summed E-state index contributed by atoms with van der Waals surface area (Å²) in [6.07, 6.45) is 15.3. The van der Waals surface area contributed by atoms with E-state index in [9.17, 15) is 4.79 Å². The SMILES string of the molecule is O=C1O[C@@H](C2CCCCC2)CN1CC12CC3CC(CC(C3)C1)C2. The minimum Gasteiger partial charge on any atom is -0.444 e. The number of rotatable bonds is 3. The van der Waals surface area contributed by atoms with E-state index in [1.165, 1.54) is 70.6 Å². The fraction of sp³-hybridized carbons (Fsp3) is 0.950. The molecule has 23 heavy (non-hydrogen) atoms. The molecule has 0 unspecified atom stereocenters. The third-order valence-electron chi connectivity index (χ3n) is 7.78. The third-order valence-corrected chi connectivity index (χ3v) is 7.78. The van der Waals surface area contributed by atoms with Gasteiger partial charge in [0.2, 0.25) is 0 Å². The maximum Gasteiger partial charge on any atom is 0.410 e. The van der Waals surface area contributed by atoms with E-state index in [1.54, 1.807) is 0 Å². The first kappa shape index (κ1) is 14.6. The van der Waals surface area contributed by atoms with Gasteiger partial charge in [0.1, 0.15) is 6.10 Å². The van der Waals surface area contributed by atoms with Crippen molar-refractivity contribution >= 4 is 6.09 Å². The van der Waals surface area contributed by atoms with Crippen molar-refractivity contribution in [2.24, 2.45) is 29.1 Å². The highest BCUT2D eigenvalue weighted by Gasteiger charge is 2.52. The molecule has 6 fully saturated rings. The molecule has 1 aliphatic heterocycles. The van der Waals surface area contributed by atoms with E-state index in [2.05, 4.69) is 4.90 Å². The molecule has 4 bridgehead atoms. The summed E-state index contributed by atoms with van der Waals surface area (Å²) < 4.78 is 5.81. The van der Waals surface area contributed by atoms with E-state index >= 15 is 0 Å². The Kier molecular flexibility index (Phi) is 3.42. The molecule has 6 aliphatic rings. The molecule has 6 rings (SSSR count). The van der Waals surface area contributed by atoms with Crippen LogP contribution in [0.1, 0.15) is 70.6 Å². The van der Waals surface area contributed by atoms with Gasteiger partial charge in [-0.2, -0.15) is 0 Å². The van der Waals surface area contributed by atoms with Crippen molar-refractivity contribution < 1.29 is 9.53 Å². The maximum atomic E-state index is 12.5. The van der Waals surface area contributed by atoms with Crippen molar-refractivity contribution in [3.8, 4) is 0 Å². The first-order valence-electron chi connectivity index (χ1n) is 10.1. The molecule has 0 radical (unpaired) electrons. The fourth-order valence-corrected chi connectivity index (χ4v) is 7.30. The van der Waals surface area contributed by atoms with Crippen molar-refractivity contribution in [2.75, 3.05) is 13.1 Å². The topological polar surface area (TPSA) is 29.5 Å². The molecule has 0 aromatic carbocycles. The molecule has 5 saturated carbocycles. The Morgan fingerprint density at radius 3 is 2.17 bits per heavy atom. The van der Waals surface area contributed by atoms with Gasteiger partial charge in [0.05, 0.1) is 6.54 Å². The van der Waals surface area contributed by atoms with Crippen LogP contribution in [0.3, 0.4) is 0 Å². The Hall–Kier alpha value is -0.730. The average Bonchev–Trinajstić information content (AvgIpc) is 2.87. The Bertz CT molecular complexity index is 447. The highest BCUT2D eigenvalue weighted by Crippen LogP contribution is 2.60. The summed E-state index contributed by atoms with van der Waals surface area (Å²) >= 11 is 0. The van der Waals surface area contributed by atoms with Gasteiger partial charge in [-0.25, -0.2) is 4.79 Å². The zero-order valence-electron chi connectivity index (χ0n) is 14.3. The predicted octanol–water partition coefficient (Wildman–Crippen LogP) is 4.60. The van der Waals surface area contributed by atoms with Crippen LogP contribution in [0.5, 0.6) is 0 Å². The number of ether oxygens (including phenoxy) is 1. The molecule has 0 spiro atoms. The number of carbonyl (C=O) groups excluding carboxylic acids is 1. The van der Waals surface area contributed by atoms with E-state index in [4.69, 9.17) is 4.74 Å². The summed E-state index contributed by atoms with van der Waals surface area (Å²) in [7, 11) is 0. The highest BCUT2D eigenvalue weighted by atomic mass is 16.6. The van der Waals surface area contributed by atoms with Crippen LogP contribution >= 0.6 is 0 Å². The van der Waals surface area contributed by atoms with Gasteiger partial charge in [-0.3, -0.25) is 0 Å². The quantitative estimate of drug-likeness (QED) is 0.761. The predicted molar refractivity (Wildman–Crippen MR) is 89.0 cm³/mol. The van der Waals surface area contributed by atoms with Crippen LogP contribution in [0, 0.1) is 29.1 Å². The van der Waals surface area contributed by atoms with Crippen LogP contribution in [0.2, 0.25) is 0 Å². The van der Waals surface area contributed by atoms with Crippen LogP contribution in [0.4, 0.5) is 4.79 Å². The summed E-state index contributed by atoms with van der Waals surface area (Å²) in [4.78, 5) is 14.6. The Balaban J connectivity index is 1.26. The van der Waals surface area contributed by atoms with E-state index in [0.717, 1.165) is 30.8 Å². The summed E-state index contributed by atoms with van der Waals surface area (Å²) in [6, 6.07) is 0. The number of hydrogen-bond acceptors (Lipinski definition) is 2. The first-order valence-corrected chi connectivity index (χ1v) is 10.1. The van der Waals surface area contributed by atoms with Crippen LogP contribution in [-0.4, -0.2) is 30.2 Å². The van der Waals surface area contributed by atoms with Crippen molar-refractivity contribution in [3.63, 3.8) is 0 Å². The zero-order valence-corrected chi connectivity index (χ0v) is 14.3. The van der Waals surface area contributed by atoms with Gasteiger partial charge >= 0.3 is 6.09 Å². The molecule has 1 saturated heterocycles. The summed E-state index contributed by atoms with van der Waals surface area (Å²) in [6.45, 7) is 1.88. The summed E-state index contributed by atoms with van der Waals surface area (Å²) in [5.41, 5.74) is 0.454. The second-order valence-corrected chi connectivity index (χ2v) is 9.62. The fourth-order valence-electron chi connectivity index (χ4n) is 7.30. The van der Waals surface area contributed by atoms with E-state index < -0.39 is 0 Å². The molecule has 3 nitrogen and oxygen atoms in total. The Morgan fingerprint density at radius 2 is 1.57 bits per heavy atom. The second-order valence-electron chi connectivity index (χ2n) is 9.62. The average molecular weight is 317 g/mol. The van der Waals surface area contributed by atoms with E-state index in [0.29, 0.717) is 11.3 Å². The largest absolute Gasteiger partial charge is 0.444 e. The summed E-state index contributed by atoms with van der Waals surface area (Å²) in [5.74, 6) is 3.53. The maximum absolute atomic E-state index is 12.5. The lowest BCUT2D eigenvalue weighted by Gasteiger charge is -2.57. The van der Waals surface area contributed by atoms with Gasteiger partial charge in [-0.05, 0) is 80.5 Å². The molecular weight excluding hydrogens is 286 g/mol. The molecule has 128 valence electrons. The van der Waals surface area contributed by atoms with Gasteiger partial charge in [0, 0.05) is 6.54 Å². The number of hydrogen-bond donors (Lipinski definition) is 0. The van der Waals surface area contributed by atoms with Gasteiger partial charge in [0.15, 0.2) is 0 Å². The second kappa shape index (κ2) is 5.39. The normalized spacial score (nSPS) is 46.4. The minimum atomic E-state index is -0.00341. The van der Waals surface area contributed by atoms with Gasteiger partial charge in [-0.15, -0.1) is 0 Å². The molecule has 0 aromatic rings. The van der Waals surface area contributed by atoms with Gasteiger partial charge < -0.3 is 9.64 Å². The molecular formula is C20H31NO2. The first-order chi connectivity index (χ1) is 11.2. The number of cyclic esters (lactones) is 1. The molecule has 0 aromatic heterocycles. The molecule has 0 N–H and O–H groups in total. The molecule has 1 atom stereocenters. The third kappa shape index (κ3) is 2.59. The molecule has 1 amide bonds. The van der Waals surface area contributed by atoms with Crippen molar-refractivity contribution in [2.45, 2.75) is 76.7 Å². The Labute approximate surface area is 140 Å². The van der Waals surface area contributed by atoms with Crippen LogP contribution in [0.15, 0.2) is 0 Å². The van der Waals surface area contributed by atoms with Crippen molar-refractivity contribution in [3.05, 3.63) is 0 Å². The van der Waals surface area contributed by atoms with Gasteiger partial charge in [0.25, 0.3) is 0 Å². The zero-order chi connectivity index (χ0) is 15.4. The van der Waals surface area contributed by atoms with E-state index in [-0.39, 0.29) is 12.2 Å². The van der Waals surface area contributed by atoms with Crippen molar-refractivity contribution in [1.29, 1.82) is 0 Å². The van der Waals surface area contributed by atoms with Gasteiger partial charge in [-0.1, -0.05) is 19.3 Å². The van der Waals surface area contributed by atoms with Crippen LogP contribution in [-0.2, 0) is 4.74 Å². The Morgan fingerprint density at radius 1 is 0.957 bits per heavy atom. The van der Waals surface area contributed by atoms with E-state index in [1.807, 2.05) is 0 Å². The molecule has 3 heteroatoms. The molecule has 1 heterocycles. The lowest BCUT2D eigenvalue weighted by Crippen LogP contribution is -2.51. The standard InChI is InChI=1S/C20H31NO2/c22-19-21(12-18(23-19)17-4-2-1-3-5-17)13-20-9-14-6-15(10-20)8-16(7-14)11-20/h14-18H,1-13H2/t14?,15?,16?,18-,20?/m1/s1. The highest BCUT2D eigenvalue weighted by molar-refractivity contribution is 5.70. The number of amides is 1. The lowest BCUT2D eigenvalue weighted by atomic mass is 9.49. The number of nitrogens with zero attached hydrogens (tertiary/aromatic N) is 1. The number of carbonyl (C=O) groups is 1. The monoisotopic (exact) mass is 317 g/mol. The smallest absolute Gasteiger partial charge is 0.410 e. The minimum absolute atomic E-state index is 0.00341. The van der Waals surface area contributed by atoms with Crippen LogP contribution < -0.4 is 0 Å². The van der Waals surface area contributed by atoms with Crippen molar-refractivity contribution in [1.82, 2.24) is 4.90 Å². The summed E-state index contributed by atoms with van der Waals surface area (Å²) in [5, 5.41) is 0. The molecule has 5 aliphatic carbocycles. The van der Waals surface area contributed by atoms with Crippen LogP contribution in [0.25, 0.3) is 0 Å². The lowest BCUT2D eigenvalue weighted by molar-refractivity contribution is -0.0628.